The van der Waals surface area contributed by atoms with Gasteiger partial charge in [-0.05, 0) is 0 Å². The van der Waals surface area contributed by atoms with Crippen LogP contribution in [-0.4, -0.2) is 63.4 Å². The van der Waals surface area contributed by atoms with Crippen molar-refractivity contribution in [3.8, 4) is 0 Å². The molecule has 1 saturated heterocycles. The first-order chi connectivity index (χ1) is 9.16. The maximum absolute atomic E-state index is 12.1. The van der Waals surface area contributed by atoms with Gasteiger partial charge < -0.3 is 14.2 Å². The van der Waals surface area contributed by atoms with Gasteiger partial charge in [-0.2, -0.15) is 26.0 Å². The molecule has 20 heavy (non-hydrogen) atoms. The molecular formula is C8H13F3N2O6S. The summed E-state index contributed by atoms with van der Waals surface area (Å²) in [5, 5.41) is 0. The molecule has 0 aromatic heterocycles. The molecule has 0 bridgehead atoms. The summed E-state index contributed by atoms with van der Waals surface area (Å²) in [6.45, 7) is 0.0384. The van der Waals surface area contributed by atoms with Crippen LogP contribution in [0, 0.1) is 0 Å². The molecule has 12 heteroatoms. The van der Waals surface area contributed by atoms with E-state index in [9.17, 15) is 26.4 Å². The molecule has 1 heterocycles. The van der Waals surface area contributed by atoms with Gasteiger partial charge in [0.25, 0.3) is 5.91 Å². The Balaban J connectivity index is 2.23. The zero-order valence-electron chi connectivity index (χ0n) is 10.1. The third-order valence-corrected chi connectivity index (χ3v) is 3.41. The summed E-state index contributed by atoms with van der Waals surface area (Å²) < 4.78 is 71.4. The molecule has 1 atom stereocenters. The number of sulfonamides is 1. The van der Waals surface area contributed by atoms with E-state index >= 15 is 0 Å². The van der Waals surface area contributed by atoms with Gasteiger partial charge in [0.1, 0.15) is 12.7 Å². The lowest BCUT2D eigenvalue weighted by Crippen LogP contribution is -2.50. The molecule has 0 radical (unpaired) electrons. The van der Waals surface area contributed by atoms with Crippen LogP contribution in [0.15, 0.2) is 0 Å². The highest BCUT2D eigenvalue weighted by Crippen LogP contribution is 2.24. The minimum Gasteiger partial charge on any atom is -0.376 e. The first-order valence-corrected chi connectivity index (χ1v) is 6.76. The third kappa shape index (κ3) is 4.86. The number of epoxide rings is 1. The zero-order valence-corrected chi connectivity index (χ0v) is 10.9. The monoisotopic (exact) mass is 322 g/mol. The van der Waals surface area contributed by atoms with Crippen LogP contribution in [0.3, 0.4) is 0 Å². The molecule has 0 spiro atoms. The molecule has 118 valence electrons. The van der Waals surface area contributed by atoms with E-state index in [2.05, 4.69) is 10.6 Å². The van der Waals surface area contributed by atoms with Crippen molar-refractivity contribution in [2.24, 2.45) is 5.84 Å². The summed E-state index contributed by atoms with van der Waals surface area (Å²) in [6, 6.07) is 0. The van der Waals surface area contributed by atoms with Crippen molar-refractivity contribution < 1.29 is 40.6 Å². The van der Waals surface area contributed by atoms with Crippen molar-refractivity contribution >= 4 is 15.9 Å². The second-order valence-electron chi connectivity index (χ2n) is 3.72. The van der Waals surface area contributed by atoms with Gasteiger partial charge in [-0.1, -0.05) is 0 Å². The normalized spacial score (nSPS) is 18.9. The highest BCUT2D eigenvalue weighted by molar-refractivity contribution is 7.90. The number of carbonyl (C=O) groups excluding carboxylic acids is 1. The van der Waals surface area contributed by atoms with Gasteiger partial charge in [-0.15, -0.1) is 0 Å². The Kier molecular flexibility index (Phi) is 5.70. The molecule has 1 rings (SSSR count). The van der Waals surface area contributed by atoms with Crippen LogP contribution in [0.4, 0.5) is 13.2 Å². The summed E-state index contributed by atoms with van der Waals surface area (Å²) in [7, 11) is -5.89. The Morgan fingerprint density at radius 3 is 2.40 bits per heavy atom. The van der Waals surface area contributed by atoms with Crippen molar-refractivity contribution in [2.45, 2.75) is 11.6 Å². The maximum Gasteiger partial charge on any atom is 0.518 e. The van der Waals surface area contributed by atoms with E-state index in [0.29, 0.717) is 13.2 Å². The molecule has 1 amide bonds. The summed E-state index contributed by atoms with van der Waals surface area (Å²) in [6.07, 6.45) is 0.0492. The molecule has 0 saturated carbocycles. The van der Waals surface area contributed by atoms with E-state index in [1.54, 1.807) is 0 Å². The fraction of sp³-hybridized carbons (Fsp3) is 0.875. The number of hydrogen-bond donors (Lipinski definition) is 1. The molecule has 0 aromatic carbocycles. The van der Waals surface area contributed by atoms with Gasteiger partial charge in [0.15, 0.2) is 0 Å². The van der Waals surface area contributed by atoms with E-state index in [1.165, 1.54) is 0 Å². The highest BCUT2D eigenvalue weighted by atomic mass is 32.2. The Morgan fingerprint density at radius 1 is 1.35 bits per heavy atom. The fourth-order valence-electron chi connectivity index (χ4n) is 0.966. The van der Waals surface area contributed by atoms with Crippen molar-refractivity contribution in [1.29, 1.82) is 0 Å². The van der Waals surface area contributed by atoms with Crippen LogP contribution in [0.2, 0.25) is 0 Å². The molecule has 0 aliphatic carbocycles. The van der Waals surface area contributed by atoms with Crippen LogP contribution < -0.4 is 5.84 Å². The molecule has 2 N–H and O–H groups in total. The van der Waals surface area contributed by atoms with Crippen molar-refractivity contribution in [3.63, 3.8) is 0 Å². The van der Waals surface area contributed by atoms with Crippen molar-refractivity contribution in [3.05, 3.63) is 0 Å². The summed E-state index contributed by atoms with van der Waals surface area (Å²) >= 11 is 0. The molecule has 1 unspecified atom stereocenters. The lowest BCUT2D eigenvalue weighted by atomic mass is 10.5. The first kappa shape index (κ1) is 17.1. The number of amides is 1. The fourth-order valence-corrected chi connectivity index (χ4v) is 1.51. The van der Waals surface area contributed by atoms with Gasteiger partial charge >= 0.3 is 15.5 Å². The number of rotatable bonds is 8. The van der Waals surface area contributed by atoms with E-state index in [0.717, 1.165) is 0 Å². The average molecular weight is 322 g/mol. The predicted octanol–water partition coefficient (Wildman–Crippen LogP) is -1.03. The number of hydrogen-bond acceptors (Lipinski definition) is 7. The van der Waals surface area contributed by atoms with Gasteiger partial charge in [-0.25, -0.2) is 5.84 Å². The molecule has 1 fully saturated rings. The maximum atomic E-state index is 12.1. The Morgan fingerprint density at radius 2 is 1.90 bits per heavy atom. The predicted molar refractivity (Wildman–Crippen MR) is 57.4 cm³/mol. The summed E-state index contributed by atoms with van der Waals surface area (Å²) in [5.41, 5.74) is -5.65. The Hall–Kier alpha value is -0.950. The van der Waals surface area contributed by atoms with E-state index in [1.807, 2.05) is 0 Å². The van der Waals surface area contributed by atoms with Crippen LogP contribution in [0.25, 0.3) is 0 Å². The van der Waals surface area contributed by atoms with E-state index in [-0.39, 0.29) is 19.3 Å². The lowest BCUT2D eigenvalue weighted by Gasteiger charge is -2.18. The highest BCUT2D eigenvalue weighted by Gasteiger charge is 2.51. The average Bonchev–Trinajstić information content (AvgIpc) is 3.14. The second kappa shape index (κ2) is 6.67. The minimum absolute atomic E-state index is 0.0492. The van der Waals surface area contributed by atoms with Gasteiger partial charge in [0, 0.05) is 0 Å². The van der Waals surface area contributed by atoms with Gasteiger partial charge in [0.05, 0.1) is 26.4 Å². The molecule has 1 aliphatic heterocycles. The van der Waals surface area contributed by atoms with Gasteiger partial charge in [-0.3, -0.25) is 4.79 Å². The standard InChI is InChI=1S/C8H13F3N2O6S/c9-8(10,11)20(15,16)13(12)7(14)5-18-2-1-17-3-6-4-19-6/h6H,1-5,12H2. The molecular weight excluding hydrogens is 309 g/mol. The van der Waals surface area contributed by atoms with Crippen molar-refractivity contribution in [1.82, 2.24) is 4.41 Å². The molecule has 1 aliphatic rings. The number of halogens is 3. The van der Waals surface area contributed by atoms with E-state index < -0.39 is 32.5 Å². The number of nitrogens with zero attached hydrogens (tertiary/aromatic N) is 1. The quantitative estimate of drug-likeness (QED) is 0.200. The van der Waals surface area contributed by atoms with Crippen molar-refractivity contribution in [2.75, 3.05) is 33.0 Å². The van der Waals surface area contributed by atoms with E-state index in [4.69, 9.17) is 9.47 Å². The van der Waals surface area contributed by atoms with Crippen LogP contribution >= 0.6 is 0 Å². The summed E-state index contributed by atoms with van der Waals surface area (Å²) in [5.74, 6) is 3.08. The Labute approximate surface area is 112 Å². The number of carbonyl (C=O) groups is 1. The number of ether oxygens (including phenoxy) is 3. The number of hydrazine groups is 1. The lowest BCUT2D eigenvalue weighted by molar-refractivity contribution is -0.133. The first-order valence-electron chi connectivity index (χ1n) is 5.32. The largest absolute Gasteiger partial charge is 0.518 e. The topological polar surface area (TPSA) is 111 Å². The number of alkyl halides is 3. The SMILES string of the molecule is NN(C(=O)COCCOCC1CO1)S(=O)(=O)C(F)(F)F. The third-order valence-electron chi connectivity index (χ3n) is 2.10. The van der Waals surface area contributed by atoms with Crippen LogP contribution in [0.1, 0.15) is 0 Å². The molecule has 0 aromatic rings. The smallest absolute Gasteiger partial charge is 0.376 e. The van der Waals surface area contributed by atoms with Crippen LogP contribution in [-0.2, 0) is 29.0 Å². The number of nitrogens with two attached hydrogens (primary N) is 1. The summed E-state index contributed by atoms with van der Waals surface area (Å²) in [4.78, 5) is 11.1. The van der Waals surface area contributed by atoms with Crippen LogP contribution in [0.5, 0.6) is 0 Å². The zero-order chi connectivity index (χ0) is 15.4. The Bertz CT molecular complexity index is 436. The molecule has 8 nitrogen and oxygen atoms in total. The second-order valence-corrected chi connectivity index (χ2v) is 5.53. The van der Waals surface area contributed by atoms with Gasteiger partial charge in [0.2, 0.25) is 0 Å². The minimum atomic E-state index is -5.89.